The third kappa shape index (κ3) is 6.94. The number of sulfonamides is 1. The van der Waals surface area contributed by atoms with E-state index in [0.717, 1.165) is 40.5 Å². The third-order valence-electron chi connectivity index (χ3n) is 4.56. The Bertz CT molecular complexity index is 1630. The molecule has 0 aliphatic heterocycles. The quantitative estimate of drug-likeness (QED) is 0.208. The number of alkyl halides is 3. The van der Waals surface area contributed by atoms with Gasteiger partial charge < -0.3 is 4.74 Å². The highest BCUT2D eigenvalue weighted by Gasteiger charge is 2.31. The Morgan fingerprint density at radius 2 is 1.84 bits per heavy atom. The average Bonchev–Trinajstić information content (AvgIpc) is 3.54. The van der Waals surface area contributed by atoms with Crippen molar-refractivity contribution in [3.63, 3.8) is 0 Å². The number of rotatable bonds is 8. The number of nitrogens with zero attached hydrogens (tertiary/aromatic N) is 3. The number of benzene rings is 2. The summed E-state index contributed by atoms with van der Waals surface area (Å²) in [4.78, 5) is 13.2. The molecule has 0 spiro atoms. The molecule has 0 aliphatic rings. The molecule has 0 saturated heterocycles. The molecule has 0 fully saturated rings. The maximum absolute atomic E-state index is 12.7. The van der Waals surface area contributed by atoms with Crippen molar-refractivity contribution in [2.45, 2.75) is 11.3 Å². The zero-order valence-corrected chi connectivity index (χ0v) is 21.2. The first kappa shape index (κ1) is 26.8. The first-order valence-electron chi connectivity index (χ1n) is 10.3. The van der Waals surface area contributed by atoms with Crippen LogP contribution in [0.15, 0.2) is 76.5 Å². The summed E-state index contributed by atoms with van der Waals surface area (Å²) in [5, 5.41) is 22.6. The van der Waals surface area contributed by atoms with Crippen LogP contribution in [0, 0.1) is 11.3 Å². The summed E-state index contributed by atoms with van der Waals surface area (Å²) in [6.07, 6.45) is -3.65. The van der Waals surface area contributed by atoms with E-state index < -0.39 is 28.0 Å². The van der Waals surface area contributed by atoms with Crippen LogP contribution < -0.4 is 14.8 Å². The highest BCUT2D eigenvalue weighted by atomic mass is 32.2. The molecule has 4 aromatic rings. The first-order chi connectivity index (χ1) is 18.0. The van der Waals surface area contributed by atoms with Crippen LogP contribution in [0.5, 0.6) is 5.75 Å². The van der Waals surface area contributed by atoms with E-state index in [4.69, 9.17) is 0 Å². The van der Waals surface area contributed by atoms with Gasteiger partial charge in [0.2, 0.25) is 5.13 Å². The van der Waals surface area contributed by atoms with Gasteiger partial charge in [-0.25, -0.2) is 8.42 Å². The Labute approximate surface area is 221 Å². The molecule has 0 unspecified atom stereocenters. The van der Waals surface area contributed by atoms with E-state index in [1.807, 2.05) is 17.5 Å². The van der Waals surface area contributed by atoms with Crippen LogP contribution in [0.2, 0.25) is 0 Å². The molecule has 4 rings (SSSR count). The summed E-state index contributed by atoms with van der Waals surface area (Å²) in [6.45, 7) is 0. The minimum absolute atomic E-state index is 0.0942. The number of thiophene rings is 1. The van der Waals surface area contributed by atoms with Gasteiger partial charge >= 0.3 is 6.36 Å². The fourth-order valence-electron chi connectivity index (χ4n) is 2.98. The monoisotopic (exact) mass is 577 g/mol. The smallest absolute Gasteiger partial charge is 0.406 e. The Balaban J connectivity index is 1.47. The number of carbonyl (C=O) groups is 1. The molecular weight excluding hydrogens is 563 g/mol. The topological polar surface area (TPSA) is 134 Å². The van der Waals surface area contributed by atoms with Gasteiger partial charge in [0.25, 0.3) is 15.9 Å². The van der Waals surface area contributed by atoms with Gasteiger partial charge in [0.1, 0.15) is 17.4 Å². The molecule has 15 heteroatoms. The summed E-state index contributed by atoms with van der Waals surface area (Å²) in [7, 11) is -4.16. The van der Waals surface area contributed by atoms with Crippen LogP contribution >= 0.6 is 22.7 Å². The van der Waals surface area contributed by atoms with Crippen molar-refractivity contribution in [3.8, 4) is 21.7 Å². The maximum Gasteiger partial charge on any atom is 0.573 e. The van der Waals surface area contributed by atoms with Gasteiger partial charge in [0.15, 0.2) is 5.01 Å². The lowest BCUT2D eigenvalue weighted by molar-refractivity contribution is -0.274. The summed E-state index contributed by atoms with van der Waals surface area (Å²) >= 11 is 2.61. The van der Waals surface area contributed by atoms with Gasteiger partial charge in [-0.3, -0.25) is 14.8 Å². The van der Waals surface area contributed by atoms with Crippen LogP contribution in [0.4, 0.5) is 24.0 Å². The molecule has 0 atom stereocenters. The first-order valence-corrected chi connectivity index (χ1v) is 13.5. The van der Waals surface area contributed by atoms with E-state index in [1.54, 1.807) is 12.1 Å². The van der Waals surface area contributed by atoms with Gasteiger partial charge in [-0.05, 0) is 59.5 Å². The number of hydrogen-bond donors (Lipinski definition) is 2. The molecule has 2 aromatic heterocycles. The van der Waals surface area contributed by atoms with Crippen LogP contribution in [-0.4, -0.2) is 30.9 Å². The molecule has 194 valence electrons. The number of hydrogen-bond acceptors (Lipinski definition) is 9. The van der Waals surface area contributed by atoms with Gasteiger partial charge in [-0.15, -0.1) is 34.7 Å². The molecule has 0 bridgehead atoms. The van der Waals surface area contributed by atoms with Gasteiger partial charge in [0.05, 0.1) is 9.77 Å². The minimum Gasteiger partial charge on any atom is -0.406 e. The lowest BCUT2D eigenvalue weighted by atomic mass is 10.1. The highest BCUT2D eigenvalue weighted by molar-refractivity contribution is 7.92. The zero-order chi connectivity index (χ0) is 27.3. The maximum atomic E-state index is 12.7. The molecule has 2 aromatic carbocycles. The number of amides is 1. The van der Waals surface area contributed by atoms with E-state index in [9.17, 15) is 31.6 Å². The average molecular weight is 578 g/mol. The summed E-state index contributed by atoms with van der Waals surface area (Å²) in [6, 6.07) is 15.0. The predicted molar refractivity (Wildman–Crippen MR) is 136 cm³/mol. The second kappa shape index (κ2) is 11.0. The van der Waals surface area contributed by atoms with Gasteiger partial charge in [-0.2, -0.15) is 5.26 Å². The molecule has 2 heterocycles. The minimum atomic E-state index is -4.91. The Morgan fingerprint density at radius 1 is 1.08 bits per heavy atom. The highest BCUT2D eigenvalue weighted by Crippen LogP contribution is 2.30. The van der Waals surface area contributed by atoms with Crippen molar-refractivity contribution in [2.75, 3.05) is 10.0 Å². The van der Waals surface area contributed by atoms with Crippen molar-refractivity contribution < 1.29 is 31.1 Å². The molecule has 2 N–H and O–H groups in total. The predicted octanol–water partition coefficient (Wildman–Crippen LogP) is 5.51. The summed E-state index contributed by atoms with van der Waals surface area (Å²) < 4.78 is 68.3. The van der Waals surface area contributed by atoms with Crippen LogP contribution in [0.3, 0.4) is 0 Å². The van der Waals surface area contributed by atoms with Crippen molar-refractivity contribution in [1.29, 1.82) is 5.26 Å². The summed E-state index contributed by atoms with van der Waals surface area (Å²) in [5.74, 6) is -1.30. The molecule has 38 heavy (non-hydrogen) atoms. The van der Waals surface area contributed by atoms with E-state index >= 15 is 0 Å². The van der Waals surface area contributed by atoms with Gasteiger partial charge in [0, 0.05) is 5.69 Å². The van der Waals surface area contributed by atoms with Crippen molar-refractivity contribution in [2.24, 2.45) is 0 Å². The van der Waals surface area contributed by atoms with E-state index in [-0.39, 0.29) is 21.3 Å². The van der Waals surface area contributed by atoms with Crippen molar-refractivity contribution >= 4 is 55.5 Å². The lowest BCUT2D eigenvalue weighted by Crippen LogP contribution is -2.17. The normalized spacial score (nSPS) is 12.0. The van der Waals surface area contributed by atoms with Crippen molar-refractivity contribution in [1.82, 2.24) is 10.2 Å². The van der Waals surface area contributed by atoms with E-state index in [0.29, 0.717) is 10.6 Å². The van der Waals surface area contributed by atoms with E-state index in [2.05, 4.69) is 25.0 Å². The largest absolute Gasteiger partial charge is 0.573 e. The standard InChI is InChI=1S/C23H14F3N5O4S3/c24-23(25,26)35-17-6-8-18(9-7-17)38(33,34)31-16-4-1-3-14(12-16)11-15(13-27)20(32)28-22-30-29-21(37-22)19-5-2-10-36-19/h1-12,31H,(H,28,30,32)/b15-11+. The molecule has 1 amide bonds. The fourth-order valence-corrected chi connectivity index (χ4v) is 5.56. The number of nitrogens with one attached hydrogen (secondary N) is 2. The molecule has 9 nitrogen and oxygen atoms in total. The Morgan fingerprint density at radius 3 is 2.50 bits per heavy atom. The number of anilines is 2. The second-order valence-electron chi connectivity index (χ2n) is 7.26. The SMILES string of the molecule is N#C/C(=C\c1cccc(NS(=O)(=O)c2ccc(OC(F)(F)F)cc2)c1)C(=O)Nc1nnc(-c2cccs2)s1. The van der Waals surface area contributed by atoms with Crippen LogP contribution in [0.25, 0.3) is 16.0 Å². The number of aromatic nitrogens is 2. The van der Waals surface area contributed by atoms with Crippen LogP contribution in [-0.2, 0) is 14.8 Å². The number of ether oxygens (including phenoxy) is 1. The number of nitriles is 1. The van der Waals surface area contributed by atoms with E-state index in [1.165, 1.54) is 35.6 Å². The molecular formula is C23H14F3N5O4S3. The number of carbonyl (C=O) groups excluding carboxylic acids is 1. The lowest BCUT2D eigenvalue weighted by Gasteiger charge is -2.11. The van der Waals surface area contributed by atoms with Crippen molar-refractivity contribution in [3.05, 3.63) is 77.2 Å². The summed E-state index contributed by atoms with van der Waals surface area (Å²) in [5.41, 5.74) is 0.164. The Kier molecular flexibility index (Phi) is 7.76. The zero-order valence-electron chi connectivity index (χ0n) is 18.8. The second-order valence-corrected chi connectivity index (χ2v) is 10.9. The third-order valence-corrected chi connectivity index (χ3v) is 7.83. The number of halogens is 3. The Hall–Kier alpha value is -4.26. The molecule has 0 aliphatic carbocycles. The molecule has 0 saturated carbocycles. The van der Waals surface area contributed by atoms with Gasteiger partial charge in [-0.1, -0.05) is 29.5 Å². The fraction of sp³-hybridized carbons (Fsp3) is 0.0435. The molecule has 0 radical (unpaired) electrons. The van der Waals surface area contributed by atoms with Crippen LogP contribution in [0.1, 0.15) is 5.56 Å².